The van der Waals surface area contributed by atoms with Crippen molar-refractivity contribution < 1.29 is 14.3 Å². The van der Waals surface area contributed by atoms with Gasteiger partial charge < -0.3 is 15.2 Å². The zero-order chi connectivity index (χ0) is 16.5. The van der Waals surface area contributed by atoms with E-state index in [1.54, 1.807) is 13.0 Å². The fourth-order valence-corrected chi connectivity index (χ4v) is 2.23. The van der Waals surface area contributed by atoms with Gasteiger partial charge in [-0.1, -0.05) is 43.0 Å². The summed E-state index contributed by atoms with van der Waals surface area (Å²) < 4.78 is 10.1. The maximum Gasteiger partial charge on any atom is 0.336 e. The number of hydrogen-bond donors (Lipinski definition) is 1. The van der Waals surface area contributed by atoms with Crippen molar-refractivity contribution in [1.29, 1.82) is 0 Å². The van der Waals surface area contributed by atoms with Crippen LogP contribution in [-0.4, -0.2) is 31.8 Å². The largest absolute Gasteiger partial charge is 0.464 e. The van der Waals surface area contributed by atoms with E-state index < -0.39 is 18.1 Å². The molecule has 0 aliphatic heterocycles. The summed E-state index contributed by atoms with van der Waals surface area (Å²) in [6.45, 7) is 7.80. The fourth-order valence-electron chi connectivity index (χ4n) is 2.23. The Kier molecular flexibility index (Phi) is 7.57. The molecule has 22 heavy (non-hydrogen) atoms. The molecule has 0 bridgehead atoms. The topological polar surface area (TPSA) is 61.5 Å². The lowest BCUT2D eigenvalue weighted by Gasteiger charge is -2.21. The molecule has 2 atom stereocenters. The average molecular weight is 303 g/mol. The molecular weight excluding hydrogens is 278 g/mol. The lowest BCUT2D eigenvalue weighted by molar-refractivity contribution is -0.156. The van der Waals surface area contributed by atoms with Crippen LogP contribution in [0.4, 0.5) is 0 Å². The van der Waals surface area contributed by atoms with Gasteiger partial charge in [0.25, 0.3) is 0 Å². The second-order valence-corrected chi connectivity index (χ2v) is 5.06. The molecule has 0 saturated carbocycles. The van der Waals surface area contributed by atoms with Gasteiger partial charge in [-0.05, 0) is 37.0 Å². The van der Waals surface area contributed by atoms with Crippen molar-refractivity contribution in [2.24, 2.45) is 5.73 Å². The smallest absolute Gasteiger partial charge is 0.336 e. The molecule has 1 aromatic carbocycles. The highest BCUT2D eigenvalue weighted by atomic mass is 16.6. The number of esters is 1. The Morgan fingerprint density at radius 2 is 2.00 bits per heavy atom. The SMILES string of the molecule is C=C/C=C(\C)c1ccc(C[C@@H](N)[C@@H](OC)C(=O)OCC)cc1. The summed E-state index contributed by atoms with van der Waals surface area (Å²) in [7, 11) is 1.47. The third-order valence-corrected chi connectivity index (χ3v) is 3.41. The molecule has 0 amide bonds. The van der Waals surface area contributed by atoms with Crippen molar-refractivity contribution in [3.05, 3.63) is 54.1 Å². The number of nitrogens with two attached hydrogens (primary N) is 1. The lowest BCUT2D eigenvalue weighted by Crippen LogP contribution is -2.44. The Hall–Kier alpha value is -1.91. The van der Waals surface area contributed by atoms with Crippen molar-refractivity contribution in [2.75, 3.05) is 13.7 Å². The highest BCUT2D eigenvalue weighted by Gasteiger charge is 2.26. The number of carbonyl (C=O) groups excluding carboxylic acids is 1. The second-order valence-electron chi connectivity index (χ2n) is 5.06. The molecule has 0 heterocycles. The predicted octanol–water partition coefficient (Wildman–Crippen LogP) is 2.72. The van der Waals surface area contributed by atoms with Crippen LogP contribution in [0.2, 0.25) is 0 Å². The minimum atomic E-state index is -0.748. The molecule has 0 radical (unpaired) electrons. The molecule has 0 fully saturated rings. The van der Waals surface area contributed by atoms with Crippen LogP contribution >= 0.6 is 0 Å². The van der Waals surface area contributed by atoms with E-state index in [1.807, 2.05) is 37.3 Å². The molecule has 0 aliphatic carbocycles. The summed E-state index contributed by atoms with van der Waals surface area (Å²) in [4.78, 5) is 11.8. The molecular formula is C18H25NO3. The van der Waals surface area contributed by atoms with Gasteiger partial charge in [0.05, 0.1) is 6.61 Å². The maximum absolute atomic E-state index is 11.8. The van der Waals surface area contributed by atoms with Crippen LogP contribution in [0.1, 0.15) is 25.0 Å². The molecule has 1 rings (SSSR count). The van der Waals surface area contributed by atoms with Crippen LogP contribution in [-0.2, 0) is 20.7 Å². The summed E-state index contributed by atoms with van der Waals surface area (Å²) in [6.07, 6.45) is 3.52. The summed E-state index contributed by atoms with van der Waals surface area (Å²) in [5, 5.41) is 0. The summed E-state index contributed by atoms with van der Waals surface area (Å²) >= 11 is 0. The monoisotopic (exact) mass is 303 g/mol. The van der Waals surface area contributed by atoms with E-state index in [1.165, 1.54) is 7.11 Å². The molecule has 2 N–H and O–H groups in total. The molecule has 4 heteroatoms. The Morgan fingerprint density at radius 1 is 1.36 bits per heavy atom. The summed E-state index contributed by atoms with van der Waals surface area (Å²) in [5.74, 6) is -0.418. The highest BCUT2D eigenvalue weighted by Crippen LogP contribution is 2.16. The molecule has 0 aliphatic rings. The first-order valence-electron chi connectivity index (χ1n) is 7.37. The standard InChI is InChI=1S/C18H25NO3/c1-5-7-13(3)15-10-8-14(9-11-15)12-16(19)17(21-4)18(20)22-6-2/h5,7-11,16-17H,1,6,12,19H2,2-4H3/b13-7+/t16-,17-/m1/s1. The Bertz CT molecular complexity index is 520. The van der Waals surface area contributed by atoms with Gasteiger partial charge in [0.1, 0.15) is 0 Å². The molecule has 0 saturated heterocycles. The molecule has 4 nitrogen and oxygen atoms in total. The van der Waals surface area contributed by atoms with Gasteiger partial charge in [-0.2, -0.15) is 0 Å². The molecule has 120 valence electrons. The van der Waals surface area contributed by atoms with E-state index in [0.29, 0.717) is 13.0 Å². The Balaban J connectivity index is 2.75. The van der Waals surface area contributed by atoms with Gasteiger partial charge in [0, 0.05) is 13.2 Å². The van der Waals surface area contributed by atoms with Crippen molar-refractivity contribution in [1.82, 2.24) is 0 Å². The maximum atomic E-state index is 11.8. The third-order valence-electron chi connectivity index (χ3n) is 3.41. The number of benzene rings is 1. The number of hydrogen-bond acceptors (Lipinski definition) is 4. The fraction of sp³-hybridized carbons (Fsp3) is 0.389. The quantitative estimate of drug-likeness (QED) is 0.592. The van der Waals surface area contributed by atoms with Crippen LogP contribution in [0.15, 0.2) is 43.0 Å². The molecule has 0 unspecified atom stereocenters. The first-order valence-corrected chi connectivity index (χ1v) is 7.37. The first kappa shape index (κ1) is 18.1. The van der Waals surface area contributed by atoms with Crippen LogP contribution < -0.4 is 5.73 Å². The van der Waals surface area contributed by atoms with Crippen LogP contribution in [0, 0.1) is 0 Å². The first-order chi connectivity index (χ1) is 10.5. The van der Waals surface area contributed by atoms with Gasteiger partial charge in [0.2, 0.25) is 0 Å². The van der Waals surface area contributed by atoms with E-state index in [9.17, 15) is 4.79 Å². The predicted molar refractivity (Wildman–Crippen MR) is 89.4 cm³/mol. The normalized spacial score (nSPS) is 14.3. The van der Waals surface area contributed by atoms with Crippen LogP contribution in [0.25, 0.3) is 5.57 Å². The van der Waals surface area contributed by atoms with E-state index in [0.717, 1.165) is 16.7 Å². The van der Waals surface area contributed by atoms with Crippen molar-refractivity contribution in [2.45, 2.75) is 32.4 Å². The lowest BCUT2D eigenvalue weighted by atomic mass is 9.99. The number of methoxy groups -OCH3 is 1. The minimum absolute atomic E-state index is 0.315. The van der Waals surface area contributed by atoms with Gasteiger partial charge in [-0.15, -0.1) is 0 Å². The van der Waals surface area contributed by atoms with E-state index >= 15 is 0 Å². The Labute approximate surface area is 132 Å². The van der Waals surface area contributed by atoms with Gasteiger partial charge in [0.15, 0.2) is 6.10 Å². The molecule has 1 aromatic rings. The van der Waals surface area contributed by atoms with Gasteiger partial charge >= 0.3 is 5.97 Å². The zero-order valence-electron chi connectivity index (χ0n) is 13.5. The van der Waals surface area contributed by atoms with Crippen molar-refractivity contribution >= 4 is 11.5 Å². The van der Waals surface area contributed by atoms with Crippen molar-refractivity contribution in [3.63, 3.8) is 0 Å². The highest BCUT2D eigenvalue weighted by molar-refractivity contribution is 5.75. The third kappa shape index (κ3) is 5.13. The van der Waals surface area contributed by atoms with Crippen LogP contribution in [0.3, 0.4) is 0 Å². The van der Waals surface area contributed by atoms with E-state index in [4.69, 9.17) is 15.2 Å². The Morgan fingerprint density at radius 3 is 2.50 bits per heavy atom. The second kappa shape index (κ2) is 9.18. The zero-order valence-corrected chi connectivity index (χ0v) is 13.5. The number of allylic oxidation sites excluding steroid dienone is 3. The minimum Gasteiger partial charge on any atom is -0.464 e. The summed E-state index contributed by atoms with van der Waals surface area (Å²) in [5.41, 5.74) is 9.41. The molecule has 0 aromatic heterocycles. The van der Waals surface area contributed by atoms with Crippen molar-refractivity contribution in [3.8, 4) is 0 Å². The number of rotatable bonds is 8. The molecule has 0 spiro atoms. The summed E-state index contributed by atoms with van der Waals surface area (Å²) in [6, 6.07) is 7.63. The van der Waals surface area contributed by atoms with Gasteiger partial charge in [-0.25, -0.2) is 4.79 Å². The number of ether oxygens (including phenoxy) is 2. The van der Waals surface area contributed by atoms with Crippen LogP contribution in [0.5, 0.6) is 0 Å². The van der Waals surface area contributed by atoms with Gasteiger partial charge in [-0.3, -0.25) is 0 Å². The number of carbonyl (C=O) groups is 1. The average Bonchev–Trinajstić information content (AvgIpc) is 2.49. The van der Waals surface area contributed by atoms with E-state index in [2.05, 4.69) is 6.58 Å². The van der Waals surface area contributed by atoms with E-state index in [-0.39, 0.29) is 0 Å².